The van der Waals surface area contributed by atoms with Crippen molar-refractivity contribution in [3.8, 4) is 0 Å². The van der Waals surface area contributed by atoms with Crippen LogP contribution in [0.5, 0.6) is 0 Å². The lowest BCUT2D eigenvalue weighted by molar-refractivity contribution is 0.0697. The molecule has 1 aromatic carbocycles. The van der Waals surface area contributed by atoms with Gasteiger partial charge in [-0.25, -0.2) is 4.79 Å². The Morgan fingerprint density at radius 3 is 2.47 bits per heavy atom. The number of aryl methyl sites for hydroxylation is 1. The Kier molecular flexibility index (Phi) is 4.15. The van der Waals surface area contributed by atoms with E-state index >= 15 is 0 Å². The molecule has 1 aliphatic rings. The van der Waals surface area contributed by atoms with Crippen molar-refractivity contribution in [3.05, 3.63) is 35.4 Å². The minimum Gasteiger partial charge on any atom is -0.478 e. The Morgan fingerprint density at radius 2 is 1.88 bits per heavy atom. The molecule has 3 nitrogen and oxygen atoms in total. The smallest absolute Gasteiger partial charge is 0.335 e. The fourth-order valence-electron chi connectivity index (χ4n) is 2.36. The molecule has 0 amide bonds. The fraction of sp³-hybridized carbons (Fsp3) is 0.500. The molecule has 1 aromatic rings. The molecule has 0 spiro atoms. The number of carboxylic acid groups (broad SMARTS) is 1. The van der Waals surface area contributed by atoms with Crippen molar-refractivity contribution in [2.45, 2.75) is 25.7 Å². The first-order valence-corrected chi connectivity index (χ1v) is 6.28. The first-order valence-electron chi connectivity index (χ1n) is 6.28. The number of carbonyl (C=O) groups is 1. The molecule has 17 heavy (non-hydrogen) atoms. The zero-order chi connectivity index (χ0) is 12.1. The zero-order valence-corrected chi connectivity index (χ0v) is 9.98. The summed E-state index contributed by atoms with van der Waals surface area (Å²) in [6, 6.07) is 7.26. The number of carboxylic acids is 1. The summed E-state index contributed by atoms with van der Waals surface area (Å²) in [5.41, 5.74) is 1.61. The summed E-state index contributed by atoms with van der Waals surface area (Å²) in [5.74, 6) is -0.0229. The van der Waals surface area contributed by atoms with Crippen molar-refractivity contribution in [1.29, 1.82) is 0 Å². The van der Waals surface area contributed by atoms with Crippen molar-refractivity contribution in [1.82, 2.24) is 5.32 Å². The summed E-state index contributed by atoms with van der Waals surface area (Å²) in [6.45, 7) is 2.28. The first kappa shape index (κ1) is 12.1. The maximum absolute atomic E-state index is 10.7. The van der Waals surface area contributed by atoms with Crippen molar-refractivity contribution in [2.24, 2.45) is 5.92 Å². The monoisotopic (exact) mass is 233 g/mol. The molecule has 2 rings (SSSR count). The van der Waals surface area contributed by atoms with E-state index in [0.717, 1.165) is 25.4 Å². The molecular weight excluding hydrogens is 214 g/mol. The molecule has 0 radical (unpaired) electrons. The SMILES string of the molecule is O=C(O)c1ccc(CCC2CCNCC2)cc1. The summed E-state index contributed by atoms with van der Waals surface area (Å²) >= 11 is 0. The number of hydrogen-bond donors (Lipinski definition) is 2. The van der Waals surface area contributed by atoms with Gasteiger partial charge in [-0.2, -0.15) is 0 Å². The summed E-state index contributed by atoms with van der Waals surface area (Å²) in [4.78, 5) is 10.7. The Bertz CT molecular complexity index is 366. The second-order valence-electron chi connectivity index (χ2n) is 4.73. The summed E-state index contributed by atoms with van der Waals surface area (Å²) < 4.78 is 0. The van der Waals surface area contributed by atoms with Crippen molar-refractivity contribution in [3.63, 3.8) is 0 Å². The van der Waals surface area contributed by atoms with Crippen LogP contribution >= 0.6 is 0 Å². The Morgan fingerprint density at radius 1 is 1.24 bits per heavy atom. The van der Waals surface area contributed by atoms with Crippen LogP contribution in [-0.4, -0.2) is 24.2 Å². The number of benzene rings is 1. The largest absolute Gasteiger partial charge is 0.478 e. The zero-order valence-electron chi connectivity index (χ0n) is 9.98. The van der Waals surface area contributed by atoms with E-state index in [2.05, 4.69) is 5.32 Å². The Labute approximate surface area is 102 Å². The fourth-order valence-corrected chi connectivity index (χ4v) is 2.36. The molecule has 1 saturated heterocycles. The van der Waals surface area contributed by atoms with Crippen LogP contribution in [0.15, 0.2) is 24.3 Å². The molecule has 92 valence electrons. The summed E-state index contributed by atoms with van der Waals surface area (Å²) in [5, 5.41) is 12.2. The molecule has 3 heteroatoms. The van der Waals surface area contributed by atoms with Gasteiger partial charge in [0.25, 0.3) is 0 Å². The molecule has 0 atom stereocenters. The maximum Gasteiger partial charge on any atom is 0.335 e. The van der Waals surface area contributed by atoms with Gasteiger partial charge in [-0.05, 0) is 62.4 Å². The van der Waals surface area contributed by atoms with Crippen molar-refractivity contribution >= 4 is 5.97 Å². The van der Waals surface area contributed by atoms with Crippen LogP contribution in [0.4, 0.5) is 0 Å². The van der Waals surface area contributed by atoms with E-state index in [1.807, 2.05) is 12.1 Å². The van der Waals surface area contributed by atoms with Crippen LogP contribution in [0.1, 0.15) is 35.2 Å². The molecule has 1 fully saturated rings. The topological polar surface area (TPSA) is 49.3 Å². The third-order valence-corrected chi connectivity index (χ3v) is 3.50. The second kappa shape index (κ2) is 5.82. The molecule has 1 heterocycles. The highest BCUT2D eigenvalue weighted by Crippen LogP contribution is 2.18. The quantitative estimate of drug-likeness (QED) is 0.839. The highest BCUT2D eigenvalue weighted by Gasteiger charge is 2.12. The lowest BCUT2D eigenvalue weighted by Crippen LogP contribution is -2.27. The van der Waals surface area contributed by atoms with E-state index in [1.165, 1.54) is 24.8 Å². The van der Waals surface area contributed by atoms with Crippen LogP contribution in [0.3, 0.4) is 0 Å². The van der Waals surface area contributed by atoms with Crippen LogP contribution in [-0.2, 0) is 6.42 Å². The third-order valence-electron chi connectivity index (χ3n) is 3.50. The van der Waals surface area contributed by atoms with Gasteiger partial charge in [0.2, 0.25) is 0 Å². The van der Waals surface area contributed by atoms with Gasteiger partial charge in [0, 0.05) is 0 Å². The predicted octanol–water partition coefficient (Wildman–Crippen LogP) is 2.32. The lowest BCUT2D eigenvalue weighted by atomic mass is 9.91. The number of rotatable bonds is 4. The molecule has 2 N–H and O–H groups in total. The van der Waals surface area contributed by atoms with Gasteiger partial charge in [0.05, 0.1) is 5.56 Å². The number of piperidine rings is 1. The van der Waals surface area contributed by atoms with E-state index in [0.29, 0.717) is 5.56 Å². The number of aromatic carboxylic acids is 1. The average Bonchev–Trinajstić information content (AvgIpc) is 2.38. The predicted molar refractivity (Wildman–Crippen MR) is 67.3 cm³/mol. The minimum atomic E-state index is -0.852. The van der Waals surface area contributed by atoms with E-state index in [9.17, 15) is 4.79 Å². The van der Waals surface area contributed by atoms with E-state index < -0.39 is 5.97 Å². The molecular formula is C14H19NO2. The summed E-state index contributed by atoms with van der Waals surface area (Å²) in [7, 11) is 0. The van der Waals surface area contributed by atoms with Gasteiger partial charge < -0.3 is 10.4 Å². The van der Waals surface area contributed by atoms with Gasteiger partial charge in [-0.3, -0.25) is 0 Å². The van der Waals surface area contributed by atoms with Crippen LogP contribution in [0, 0.1) is 5.92 Å². The van der Waals surface area contributed by atoms with Gasteiger partial charge in [0.15, 0.2) is 0 Å². The molecule has 0 aromatic heterocycles. The van der Waals surface area contributed by atoms with Crippen LogP contribution < -0.4 is 5.32 Å². The van der Waals surface area contributed by atoms with Gasteiger partial charge in [-0.1, -0.05) is 12.1 Å². The van der Waals surface area contributed by atoms with Crippen LogP contribution in [0.25, 0.3) is 0 Å². The molecule has 0 saturated carbocycles. The first-order chi connectivity index (χ1) is 8.25. The normalized spacial score (nSPS) is 16.9. The number of hydrogen-bond acceptors (Lipinski definition) is 2. The maximum atomic E-state index is 10.7. The highest BCUT2D eigenvalue weighted by molar-refractivity contribution is 5.87. The lowest BCUT2D eigenvalue weighted by Gasteiger charge is -2.22. The van der Waals surface area contributed by atoms with E-state index in [4.69, 9.17) is 5.11 Å². The standard InChI is InChI=1S/C14H19NO2/c16-14(17)13-5-3-11(4-6-13)1-2-12-7-9-15-10-8-12/h3-6,12,15H,1-2,7-10H2,(H,16,17). The van der Waals surface area contributed by atoms with Crippen molar-refractivity contribution in [2.75, 3.05) is 13.1 Å². The van der Waals surface area contributed by atoms with E-state index in [1.54, 1.807) is 12.1 Å². The van der Waals surface area contributed by atoms with Crippen molar-refractivity contribution < 1.29 is 9.90 Å². The van der Waals surface area contributed by atoms with E-state index in [-0.39, 0.29) is 0 Å². The average molecular weight is 233 g/mol. The summed E-state index contributed by atoms with van der Waals surface area (Å²) in [6.07, 6.45) is 4.82. The Hall–Kier alpha value is -1.35. The minimum absolute atomic E-state index is 0.371. The van der Waals surface area contributed by atoms with Gasteiger partial charge >= 0.3 is 5.97 Å². The number of nitrogens with one attached hydrogen (secondary N) is 1. The molecule has 0 bridgehead atoms. The second-order valence-corrected chi connectivity index (χ2v) is 4.73. The van der Waals surface area contributed by atoms with Gasteiger partial charge in [-0.15, -0.1) is 0 Å². The van der Waals surface area contributed by atoms with Crippen LogP contribution in [0.2, 0.25) is 0 Å². The molecule has 0 unspecified atom stereocenters. The molecule has 0 aliphatic carbocycles. The van der Waals surface area contributed by atoms with Gasteiger partial charge in [0.1, 0.15) is 0 Å². The highest BCUT2D eigenvalue weighted by atomic mass is 16.4. The Balaban J connectivity index is 1.84. The molecule has 1 aliphatic heterocycles. The third kappa shape index (κ3) is 3.56.